The van der Waals surface area contributed by atoms with Crippen molar-refractivity contribution >= 4 is 17.7 Å². The quantitative estimate of drug-likeness (QED) is 0.917. The van der Waals surface area contributed by atoms with Crippen LogP contribution in [0.2, 0.25) is 0 Å². The van der Waals surface area contributed by atoms with Crippen LogP contribution in [0.1, 0.15) is 24.8 Å². The molecule has 2 rings (SSSR count). The summed E-state index contributed by atoms with van der Waals surface area (Å²) in [5, 5.41) is 0.576. The van der Waals surface area contributed by atoms with E-state index in [0.717, 1.165) is 30.8 Å². The van der Waals surface area contributed by atoms with E-state index in [1.807, 2.05) is 47.0 Å². The van der Waals surface area contributed by atoms with E-state index in [1.54, 1.807) is 0 Å². The van der Waals surface area contributed by atoms with Gasteiger partial charge in [0.2, 0.25) is 5.91 Å². The maximum atomic E-state index is 12.6. The summed E-state index contributed by atoms with van der Waals surface area (Å²) >= 11 is 1.97. The van der Waals surface area contributed by atoms with E-state index in [1.165, 1.54) is 0 Å². The van der Waals surface area contributed by atoms with Crippen molar-refractivity contribution in [1.82, 2.24) is 4.90 Å². The number of hydrogen-bond acceptors (Lipinski definition) is 3. The predicted octanol–water partition coefficient (Wildman–Crippen LogP) is 2.08. The Morgan fingerprint density at radius 1 is 1.47 bits per heavy atom. The fraction of sp³-hybridized carbons (Fsp3) is 0.533. The van der Waals surface area contributed by atoms with E-state index in [2.05, 4.69) is 6.92 Å². The van der Waals surface area contributed by atoms with E-state index in [-0.39, 0.29) is 11.8 Å². The van der Waals surface area contributed by atoms with Gasteiger partial charge in [-0.3, -0.25) is 4.79 Å². The molecule has 0 spiro atoms. The highest BCUT2D eigenvalue weighted by atomic mass is 32.2. The molecule has 1 aliphatic heterocycles. The number of amides is 1. The van der Waals surface area contributed by atoms with Crippen LogP contribution in [0.25, 0.3) is 0 Å². The molecule has 0 aromatic heterocycles. The first-order valence-electron chi connectivity index (χ1n) is 6.91. The zero-order valence-corrected chi connectivity index (χ0v) is 12.2. The molecule has 1 aromatic rings. The third-order valence-electron chi connectivity index (χ3n) is 3.64. The van der Waals surface area contributed by atoms with E-state index in [0.29, 0.717) is 11.8 Å². The molecule has 3 nitrogen and oxygen atoms in total. The molecule has 0 bridgehead atoms. The van der Waals surface area contributed by atoms with Crippen molar-refractivity contribution < 1.29 is 4.79 Å². The number of rotatable bonds is 4. The molecule has 0 radical (unpaired) electrons. The van der Waals surface area contributed by atoms with E-state index >= 15 is 0 Å². The van der Waals surface area contributed by atoms with Gasteiger partial charge in [0.15, 0.2) is 0 Å². The lowest BCUT2D eigenvalue weighted by molar-refractivity contribution is -0.132. The number of hydrogen-bond donors (Lipinski definition) is 1. The molecule has 2 unspecified atom stereocenters. The van der Waals surface area contributed by atoms with Crippen molar-refractivity contribution in [2.75, 3.05) is 25.4 Å². The minimum Gasteiger partial charge on any atom is -0.340 e. The van der Waals surface area contributed by atoms with Gasteiger partial charge in [-0.25, -0.2) is 0 Å². The Morgan fingerprint density at radius 2 is 2.21 bits per heavy atom. The molecule has 1 aromatic carbocycles. The van der Waals surface area contributed by atoms with Gasteiger partial charge in [0.05, 0.1) is 5.92 Å². The van der Waals surface area contributed by atoms with Crippen molar-refractivity contribution in [2.45, 2.75) is 24.5 Å². The normalized spacial score (nSPS) is 21.2. The average Bonchev–Trinajstić information content (AvgIpc) is 2.49. The molecule has 104 valence electrons. The lowest BCUT2D eigenvalue weighted by atomic mass is 9.97. The molecule has 1 fully saturated rings. The Labute approximate surface area is 119 Å². The lowest BCUT2D eigenvalue weighted by Crippen LogP contribution is -2.45. The number of nitrogens with two attached hydrogens (primary N) is 1. The topological polar surface area (TPSA) is 46.3 Å². The Kier molecular flexibility index (Phi) is 5.28. The maximum Gasteiger partial charge on any atom is 0.231 e. The van der Waals surface area contributed by atoms with Gasteiger partial charge in [-0.15, -0.1) is 0 Å². The number of nitrogens with zero attached hydrogens (tertiary/aromatic N) is 1. The predicted molar refractivity (Wildman–Crippen MR) is 81.4 cm³/mol. The summed E-state index contributed by atoms with van der Waals surface area (Å²) in [6, 6.07) is 9.88. The molecule has 2 atom stereocenters. The molecule has 0 saturated carbocycles. The largest absolute Gasteiger partial charge is 0.340 e. The lowest BCUT2D eigenvalue weighted by Gasteiger charge is -2.34. The number of carbonyl (C=O) groups excluding carboxylic acids is 1. The zero-order valence-electron chi connectivity index (χ0n) is 11.4. The van der Waals surface area contributed by atoms with Crippen molar-refractivity contribution in [1.29, 1.82) is 0 Å². The second-order valence-corrected chi connectivity index (χ2v) is 6.29. The summed E-state index contributed by atoms with van der Waals surface area (Å²) in [6.07, 6.45) is 1.12. The van der Waals surface area contributed by atoms with Crippen LogP contribution in [0.15, 0.2) is 30.3 Å². The molecule has 1 heterocycles. The summed E-state index contributed by atoms with van der Waals surface area (Å²) in [5.41, 5.74) is 6.86. The first-order chi connectivity index (χ1) is 9.26. The van der Waals surface area contributed by atoms with Gasteiger partial charge in [0, 0.05) is 30.6 Å². The van der Waals surface area contributed by atoms with Crippen LogP contribution in [-0.2, 0) is 4.79 Å². The summed E-state index contributed by atoms with van der Waals surface area (Å²) in [5.74, 6) is 1.03. The van der Waals surface area contributed by atoms with Crippen molar-refractivity contribution in [3.8, 4) is 0 Å². The smallest absolute Gasteiger partial charge is 0.231 e. The molecule has 1 aliphatic rings. The van der Waals surface area contributed by atoms with Crippen LogP contribution in [0, 0.1) is 0 Å². The van der Waals surface area contributed by atoms with Crippen LogP contribution in [0.4, 0.5) is 0 Å². The third kappa shape index (κ3) is 3.51. The zero-order chi connectivity index (χ0) is 13.7. The summed E-state index contributed by atoms with van der Waals surface area (Å²) in [4.78, 5) is 14.6. The van der Waals surface area contributed by atoms with Crippen LogP contribution < -0.4 is 5.73 Å². The molecule has 4 heteroatoms. The Morgan fingerprint density at radius 3 is 2.84 bits per heavy atom. The van der Waals surface area contributed by atoms with Crippen molar-refractivity contribution in [2.24, 2.45) is 5.73 Å². The molecular formula is C15H22N2OS. The van der Waals surface area contributed by atoms with Crippen LogP contribution in [0.5, 0.6) is 0 Å². The van der Waals surface area contributed by atoms with Gasteiger partial charge in [-0.05, 0) is 12.0 Å². The number of thioether (sulfide) groups is 1. The van der Waals surface area contributed by atoms with Gasteiger partial charge >= 0.3 is 0 Å². The Balaban J connectivity index is 2.08. The van der Waals surface area contributed by atoms with Crippen LogP contribution in [-0.4, -0.2) is 41.4 Å². The maximum absolute atomic E-state index is 12.6. The second-order valence-electron chi connectivity index (χ2n) is 4.88. The van der Waals surface area contributed by atoms with Crippen LogP contribution >= 0.6 is 11.8 Å². The van der Waals surface area contributed by atoms with Gasteiger partial charge in [0.25, 0.3) is 0 Å². The van der Waals surface area contributed by atoms with Crippen LogP contribution in [0.3, 0.4) is 0 Å². The van der Waals surface area contributed by atoms with Crippen molar-refractivity contribution in [3.63, 3.8) is 0 Å². The first kappa shape index (κ1) is 14.4. The van der Waals surface area contributed by atoms with E-state index < -0.39 is 0 Å². The molecule has 2 N–H and O–H groups in total. The number of carbonyl (C=O) groups is 1. The minimum absolute atomic E-state index is 0.187. The molecule has 1 saturated heterocycles. The molecule has 0 aliphatic carbocycles. The van der Waals surface area contributed by atoms with E-state index in [9.17, 15) is 4.79 Å². The monoisotopic (exact) mass is 278 g/mol. The van der Waals surface area contributed by atoms with Gasteiger partial charge in [-0.2, -0.15) is 11.8 Å². The highest BCUT2D eigenvalue weighted by Gasteiger charge is 2.28. The molecular weight excluding hydrogens is 256 g/mol. The first-order valence-corrected chi connectivity index (χ1v) is 7.96. The molecule has 1 amide bonds. The summed E-state index contributed by atoms with van der Waals surface area (Å²) < 4.78 is 0. The van der Waals surface area contributed by atoms with Gasteiger partial charge in [0.1, 0.15) is 0 Å². The van der Waals surface area contributed by atoms with E-state index in [4.69, 9.17) is 5.73 Å². The Bertz CT molecular complexity index is 410. The Hall–Kier alpha value is -1.00. The molecule has 19 heavy (non-hydrogen) atoms. The fourth-order valence-corrected chi connectivity index (χ4v) is 3.63. The minimum atomic E-state index is -0.193. The summed E-state index contributed by atoms with van der Waals surface area (Å²) in [6.45, 7) is 4.28. The van der Waals surface area contributed by atoms with Gasteiger partial charge < -0.3 is 10.6 Å². The SMILES string of the molecule is CCC1CN(C(=O)C(CN)c2ccccc2)CCS1. The fourth-order valence-electron chi connectivity index (χ4n) is 2.45. The highest BCUT2D eigenvalue weighted by molar-refractivity contribution is 8.00. The standard InChI is InChI=1S/C15H22N2OS/c1-2-13-11-17(8-9-19-13)15(18)14(10-16)12-6-4-3-5-7-12/h3-7,13-14H,2,8-11,16H2,1H3. The van der Waals surface area contributed by atoms with Crippen molar-refractivity contribution in [3.05, 3.63) is 35.9 Å². The highest BCUT2D eigenvalue weighted by Crippen LogP contribution is 2.24. The number of benzene rings is 1. The second kappa shape index (κ2) is 6.96. The average molecular weight is 278 g/mol. The summed E-state index contributed by atoms with van der Waals surface area (Å²) in [7, 11) is 0. The van der Waals surface area contributed by atoms with Gasteiger partial charge in [-0.1, -0.05) is 37.3 Å². The third-order valence-corrected chi connectivity index (χ3v) is 5.01.